The molecule has 2 rings (SSSR count). The van der Waals surface area contributed by atoms with Crippen LogP contribution in [0, 0.1) is 0 Å². The van der Waals surface area contributed by atoms with E-state index in [1.165, 1.54) is 11.6 Å². The van der Waals surface area contributed by atoms with Gasteiger partial charge in [-0.1, -0.05) is 53.6 Å². The number of hydrogen-bond acceptors (Lipinski definition) is 3. The van der Waals surface area contributed by atoms with Gasteiger partial charge in [0, 0.05) is 5.56 Å². The largest absolute Gasteiger partial charge is 2.00 e. The molecule has 0 heterocycles. The van der Waals surface area contributed by atoms with E-state index in [-0.39, 0.29) is 66.8 Å². The minimum Gasteiger partial charge on any atom is -0.508 e. The number of phenolic OH excluding ortho intramolecular Hbond substituents is 1. The van der Waals surface area contributed by atoms with Crippen molar-refractivity contribution in [3.63, 3.8) is 0 Å². The van der Waals surface area contributed by atoms with Crippen LogP contribution < -0.4 is 0 Å². The van der Waals surface area contributed by atoms with Crippen LogP contribution >= 0.6 is 0 Å². The van der Waals surface area contributed by atoms with Crippen molar-refractivity contribution in [2.75, 3.05) is 0 Å². The second kappa shape index (κ2) is 12.8. The molecule has 0 saturated carbocycles. The maximum Gasteiger partial charge on any atom is 2.00 e. The standard InChI is InChI=1S/C25H30O4.Ca/c1-17(2)8-7-9-18(3)12-15-21-22(26)16-20(23(24(21)27)25(28)29)14-13-19-10-5-4-6-11-19;/h4-6,8,10-12,16,26-27H,7,9,13-15H2,1-3H3,(H,28,29);/q;+2/b18-12+;. The summed E-state index contributed by atoms with van der Waals surface area (Å²) in [7, 11) is 0. The van der Waals surface area contributed by atoms with E-state index in [2.05, 4.69) is 19.9 Å². The molecule has 0 amide bonds. The second-order valence-corrected chi connectivity index (χ2v) is 7.62. The van der Waals surface area contributed by atoms with E-state index in [0.717, 1.165) is 24.0 Å². The summed E-state index contributed by atoms with van der Waals surface area (Å²) in [6, 6.07) is 11.2. The number of rotatable bonds is 9. The molecule has 0 aromatic heterocycles. The van der Waals surface area contributed by atoms with Crippen LogP contribution in [0.25, 0.3) is 0 Å². The molecule has 4 nitrogen and oxygen atoms in total. The van der Waals surface area contributed by atoms with E-state index in [0.29, 0.717) is 18.4 Å². The molecule has 2 aromatic rings. The molecule has 0 atom stereocenters. The molecule has 0 spiro atoms. The summed E-state index contributed by atoms with van der Waals surface area (Å²) in [5, 5.41) is 30.7. The van der Waals surface area contributed by atoms with Crippen LogP contribution in [0.5, 0.6) is 11.5 Å². The summed E-state index contributed by atoms with van der Waals surface area (Å²) in [6.45, 7) is 6.11. The average Bonchev–Trinajstić information content (AvgIpc) is 2.66. The number of hydrogen-bond donors (Lipinski definition) is 3. The summed E-state index contributed by atoms with van der Waals surface area (Å²) in [5.74, 6) is -1.59. The monoisotopic (exact) mass is 434 g/mol. The molecular weight excluding hydrogens is 404 g/mol. The molecule has 0 aliphatic rings. The molecule has 0 aliphatic carbocycles. The molecular formula is C25H30CaO4+2. The predicted octanol–water partition coefficient (Wildman–Crippen LogP) is 5.44. The fourth-order valence-electron chi connectivity index (χ4n) is 3.28. The summed E-state index contributed by atoms with van der Waals surface area (Å²) >= 11 is 0. The van der Waals surface area contributed by atoms with Crippen molar-refractivity contribution < 1.29 is 20.1 Å². The summed E-state index contributed by atoms with van der Waals surface area (Å²) in [5.41, 5.74) is 4.04. The number of aromatic hydroxyl groups is 2. The zero-order valence-electron chi connectivity index (χ0n) is 18.1. The minimum absolute atomic E-state index is 0. The van der Waals surface area contributed by atoms with Gasteiger partial charge in [0.15, 0.2) is 0 Å². The van der Waals surface area contributed by atoms with Crippen molar-refractivity contribution in [3.05, 3.63) is 82.0 Å². The molecule has 0 saturated heterocycles. The number of benzene rings is 2. The Labute approximate surface area is 209 Å². The van der Waals surface area contributed by atoms with Crippen LogP contribution in [-0.2, 0) is 19.3 Å². The topological polar surface area (TPSA) is 77.8 Å². The molecule has 154 valence electrons. The van der Waals surface area contributed by atoms with E-state index in [9.17, 15) is 20.1 Å². The molecule has 3 N–H and O–H groups in total. The van der Waals surface area contributed by atoms with Gasteiger partial charge in [-0.3, -0.25) is 0 Å². The van der Waals surface area contributed by atoms with E-state index < -0.39 is 5.97 Å². The first kappa shape index (κ1) is 26.3. The quantitative estimate of drug-likeness (QED) is 0.363. The molecule has 0 radical (unpaired) electrons. The first-order valence-electron chi connectivity index (χ1n) is 9.92. The third-order valence-electron chi connectivity index (χ3n) is 4.95. The third-order valence-corrected chi connectivity index (χ3v) is 4.95. The number of aryl methyl sites for hydroxylation is 2. The molecule has 0 bridgehead atoms. The van der Waals surface area contributed by atoms with Gasteiger partial charge >= 0.3 is 43.7 Å². The zero-order valence-corrected chi connectivity index (χ0v) is 20.3. The van der Waals surface area contributed by atoms with Gasteiger partial charge in [0.25, 0.3) is 0 Å². The van der Waals surface area contributed by atoms with Crippen LogP contribution in [0.1, 0.15) is 60.7 Å². The van der Waals surface area contributed by atoms with Gasteiger partial charge in [-0.15, -0.1) is 0 Å². The zero-order chi connectivity index (χ0) is 21.4. The Morgan fingerprint density at radius 1 is 1.00 bits per heavy atom. The number of carboxylic acid groups (broad SMARTS) is 1. The van der Waals surface area contributed by atoms with Gasteiger partial charge in [-0.25, -0.2) is 4.79 Å². The molecule has 30 heavy (non-hydrogen) atoms. The van der Waals surface area contributed by atoms with Gasteiger partial charge in [-0.05, 0) is 70.1 Å². The number of carbonyl (C=O) groups is 1. The van der Waals surface area contributed by atoms with Gasteiger partial charge in [-0.2, -0.15) is 0 Å². The van der Waals surface area contributed by atoms with Crippen molar-refractivity contribution in [2.24, 2.45) is 0 Å². The van der Waals surface area contributed by atoms with Gasteiger partial charge < -0.3 is 15.3 Å². The van der Waals surface area contributed by atoms with Crippen molar-refractivity contribution in [1.29, 1.82) is 0 Å². The van der Waals surface area contributed by atoms with E-state index in [4.69, 9.17) is 0 Å². The predicted molar refractivity (Wildman–Crippen MR) is 122 cm³/mol. The Balaban J connectivity index is 0.00000450. The fraction of sp³-hybridized carbons (Fsp3) is 0.320. The van der Waals surface area contributed by atoms with Crippen LogP contribution in [0.3, 0.4) is 0 Å². The van der Waals surface area contributed by atoms with Crippen molar-refractivity contribution in [3.8, 4) is 11.5 Å². The Morgan fingerprint density at radius 2 is 1.67 bits per heavy atom. The maximum absolute atomic E-state index is 11.8. The van der Waals surface area contributed by atoms with Crippen molar-refractivity contribution in [1.82, 2.24) is 0 Å². The molecule has 0 fully saturated rings. The fourth-order valence-corrected chi connectivity index (χ4v) is 3.28. The summed E-state index contributed by atoms with van der Waals surface area (Å²) < 4.78 is 0. The number of phenols is 2. The average molecular weight is 435 g/mol. The SMILES string of the molecule is CC(C)=CCC/C(C)=C/Cc1c(O)cc(CCc2ccccc2)c(C(=O)O)c1O.[Ca+2]. The smallest absolute Gasteiger partial charge is 0.508 e. The number of carboxylic acids is 1. The van der Waals surface area contributed by atoms with Crippen LogP contribution in [0.15, 0.2) is 59.7 Å². The van der Waals surface area contributed by atoms with E-state index >= 15 is 0 Å². The van der Waals surface area contributed by atoms with Gasteiger partial charge in [0.1, 0.15) is 17.1 Å². The summed E-state index contributed by atoms with van der Waals surface area (Å²) in [4.78, 5) is 11.8. The van der Waals surface area contributed by atoms with Gasteiger partial charge in [0.2, 0.25) is 0 Å². The number of aromatic carboxylic acids is 1. The molecule has 0 aliphatic heterocycles. The van der Waals surface area contributed by atoms with Crippen LogP contribution in [0.4, 0.5) is 0 Å². The first-order chi connectivity index (χ1) is 13.8. The Bertz CT molecular complexity index is 910. The molecule has 2 aromatic carbocycles. The Kier molecular flexibility index (Phi) is 11.2. The normalized spacial score (nSPS) is 11.0. The van der Waals surface area contributed by atoms with Gasteiger partial charge in [0.05, 0.1) is 0 Å². The van der Waals surface area contributed by atoms with Crippen LogP contribution in [-0.4, -0.2) is 59.0 Å². The summed E-state index contributed by atoms with van der Waals surface area (Å²) in [6.07, 6.45) is 7.25. The Hall–Kier alpha value is -1.75. The third kappa shape index (κ3) is 7.82. The molecule has 5 heteroatoms. The maximum atomic E-state index is 11.8. The van der Waals surface area contributed by atoms with Crippen molar-refractivity contribution >= 4 is 43.7 Å². The minimum atomic E-state index is -1.18. The van der Waals surface area contributed by atoms with Crippen molar-refractivity contribution in [2.45, 2.75) is 52.9 Å². The Morgan fingerprint density at radius 3 is 2.27 bits per heavy atom. The van der Waals surface area contributed by atoms with Crippen LogP contribution in [0.2, 0.25) is 0 Å². The second-order valence-electron chi connectivity index (χ2n) is 7.62. The van der Waals surface area contributed by atoms with E-state index in [1.54, 1.807) is 0 Å². The molecule has 0 unspecified atom stereocenters. The van der Waals surface area contributed by atoms with E-state index in [1.807, 2.05) is 43.3 Å². The number of allylic oxidation sites excluding steroid dienone is 4. The first-order valence-corrected chi connectivity index (χ1v) is 9.92.